The molecule has 0 fully saturated rings. The van der Waals surface area contributed by atoms with Crippen LogP contribution in [0.2, 0.25) is 0 Å². The Morgan fingerprint density at radius 1 is 1.62 bits per heavy atom. The summed E-state index contributed by atoms with van der Waals surface area (Å²) in [7, 11) is 1.74. The fourth-order valence-corrected chi connectivity index (χ4v) is 0.806. The average Bonchev–Trinajstić information content (AvgIpc) is 2.16. The lowest BCUT2D eigenvalue weighted by atomic mass is 10.2. The zero-order valence-corrected chi connectivity index (χ0v) is 8.51. The molecule has 0 aliphatic heterocycles. The van der Waals surface area contributed by atoms with E-state index >= 15 is 0 Å². The molecule has 0 bridgehead atoms. The van der Waals surface area contributed by atoms with Crippen LogP contribution in [0, 0.1) is 0 Å². The van der Waals surface area contributed by atoms with Gasteiger partial charge in [0.1, 0.15) is 6.04 Å². The third-order valence-corrected chi connectivity index (χ3v) is 1.83. The van der Waals surface area contributed by atoms with Crippen LogP contribution >= 0.6 is 0 Å². The van der Waals surface area contributed by atoms with Gasteiger partial charge in [0.25, 0.3) is 0 Å². The molecule has 0 saturated carbocycles. The first-order chi connectivity index (χ1) is 6.22. The quantitative estimate of drug-likeness (QED) is 0.371. The van der Waals surface area contributed by atoms with Crippen LogP contribution in [0.1, 0.15) is 26.2 Å². The number of carbonyl (C=O) groups excluding carboxylic acids is 1. The molecule has 0 radical (unpaired) electrons. The number of ether oxygens (including phenoxy) is 1. The first-order valence-electron chi connectivity index (χ1n) is 4.67. The summed E-state index contributed by atoms with van der Waals surface area (Å²) in [4.78, 5) is 11.1. The third-order valence-electron chi connectivity index (χ3n) is 1.83. The molecule has 0 aliphatic rings. The van der Waals surface area contributed by atoms with Gasteiger partial charge < -0.3 is 10.1 Å². The molecule has 0 heterocycles. The topological polar surface area (TPSA) is 38.3 Å². The molecule has 3 nitrogen and oxygen atoms in total. The third kappa shape index (κ3) is 6.34. The highest BCUT2D eigenvalue weighted by molar-refractivity contribution is 5.75. The molecule has 0 rings (SSSR count). The first-order valence-corrected chi connectivity index (χ1v) is 4.67. The standard InChI is InChI=1S/C10H19NO2/c1-4-5-6-7-8-13-10(12)9(2)11-3/h4,9,11H,1,5-8H2,2-3H3. The summed E-state index contributed by atoms with van der Waals surface area (Å²) in [6.07, 6.45) is 4.80. The van der Waals surface area contributed by atoms with Crippen molar-refractivity contribution in [2.45, 2.75) is 32.2 Å². The van der Waals surface area contributed by atoms with Crippen LogP contribution in [-0.4, -0.2) is 25.7 Å². The largest absolute Gasteiger partial charge is 0.465 e. The normalized spacial score (nSPS) is 12.2. The monoisotopic (exact) mass is 185 g/mol. The van der Waals surface area contributed by atoms with Crippen molar-refractivity contribution in [2.24, 2.45) is 0 Å². The number of nitrogens with one attached hydrogen (secondary N) is 1. The molecule has 1 N–H and O–H groups in total. The highest BCUT2D eigenvalue weighted by Crippen LogP contribution is 1.97. The number of hydrogen-bond donors (Lipinski definition) is 1. The van der Waals surface area contributed by atoms with Crippen LogP contribution in [0.5, 0.6) is 0 Å². The van der Waals surface area contributed by atoms with Crippen molar-refractivity contribution in [2.75, 3.05) is 13.7 Å². The summed E-state index contributed by atoms with van der Waals surface area (Å²) in [5.74, 6) is -0.180. The van der Waals surface area contributed by atoms with E-state index in [0.29, 0.717) is 6.61 Å². The highest BCUT2D eigenvalue weighted by atomic mass is 16.5. The van der Waals surface area contributed by atoms with Gasteiger partial charge in [-0.1, -0.05) is 6.08 Å². The van der Waals surface area contributed by atoms with Crippen LogP contribution in [0.3, 0.4) is 0 Å². The van der Waals surface area contributed by atoms with Crippen LogP contribution in [-0.2, 0) is 9.53 Å². The number of carbonyl (C=O) groups is 1. The average molecular weight is 185 g/mol. The van der Waals surface area contributed by atoms with Crippen molar-refractivity contribution in [3.05, 3.63) is 12.7 Å². The molecule has 0 saturated heterocycles. The maximum atomic E-state index is 11.1. The van der Waals surface area contributed by atoms with Gasteiger partial charge in [0.15, 0.2) is 0 Å². The highest BCUT2D eigenvalue weighted by Gasteiger charge is 2.10. The summed E-state index contributed by atoms with van der Waals surface area (Å²) in [5.41, 5.74) is 0. The van der Waals surface area contributed by atoms with Gasteiger partial charge in [-0.2, -0.15) is 0 Å². The first kappa shape index (κ1) is 12.2. The second-order valence-electron chi connectivity index (χ2n) is 2.96. The van der Waals surface area contributed by atoms with Crippen molar-refractivity contribution in [1.29, 1.82) is 0 Å². The van der Waals surface area contributed by atoms with E-state index in [1.54, 1.807) is 14.0 Å². The fourth-order valence-electron chi connectivity index (χ4n) is 0.806. The van der Waals surface area contributed by atoms with Gasteiger partial charge in [-0.05, 0) is 33.2 Å². The minimum absolute atomic E-state index is 0.180. The van der Waals surface area contributed by atoms with Crippen molar-refractivity contribution in [1.82, 2.24) is 5.32 Å². The maximum absolute atomic E-state index is 11.1. The summed E-state index contributed by atoms with van der Waals surface area (Å²) in [6, 6.07) is -0.209. The van der Waals surface area contributed by atoms with Gasteiger partial charge >= 0.3 is 5.97 Å². The van der Waals surface area contributed by atoms with Crippen LogP contribution in [0.15, 0.2) is 12.7 Å². The summed E-state index contributed by atoms with van der Waals surface area (Å²) in [5, 5.41) is 2.83. The van der Waals surface area contributed by atoms with E-state index in [2.05, 4.69) is 11.9 Å². The predicted molar refractivity (Wildman–Crippen MR) is 53.5 cm³/mol. The Bertz CT molecular complexity index is 157. The zero-order valence-electron chi connectivity index (χ0n) is 8.51. The van der Waals surface area contributed by atoms with E-state index < -0.39 is 0 Å². The molecule has 1 atom stereocenters. The predicted octanol–water partition coefficient (Wildman–Crippen LogP) is 1.49. The van der Waals surface area contributed by atoms with Gasteiger partial charge in [-0.3, -0.25) is 4.79 Å². The van der Waals surface area contributed by atoms with E-state index in [9.17, 15) is 4.79 Å². The molecule has 3 heteroatoms. The number of unbranched alkanes of at least 4 members (excludes halogenated alkanes) is 2. The number of hydrogen-bond acceptors (Lipinski definition) is 3. The molecular weight excluding hydrogens is 166 g/mol. The van der Waals surface area contributed by atoms with Crippen molar-refractivity contribution in [3.63, 3.8) is 0 Å². The molecule has 0 aromatic rings. The molecule has 0 spiro atoms. The molecule has 0 aromatic carbocycles. The molecule has 0 aromatic heterocycles. The van der Waals surface area contributed by atoms with E-state index in [1.165, 1.54) is 0 Å². The Hall–Kier alpha value is -0.830. The van der Waals surface area contributed by atoms with Crippen LogP contribution in [0.4, 0.5) is 0 Å². The second kappa shape index (κ2) is 7.80. The van der Waals surface area contributed by atoms with Crippen molar-refractivity contribution in [3.8, 4) is 0 Å². The van der Waals surface area contributed by atoms with Crippen LogP contribution in [0.25, 0.3) is 0 Å². The minimum atomic E-state index is -0.209. The molecule has 76 valence electrons. The molecule has 1 unspecified atom stereocenters. The smallest absolute Gasteiger partial charge is 0.322 e. The molecule has 0 amide bonds. The summed E-state index contributed by atoms with van der Waals surface area (Å²) in [6.45, 7) is 5.91. The van der Waals surface area contributed by atoms with Crippen LogP contribution < -0.4 is 5.32 Å². The second-order valence-corrected chi connectivity index (χ2v) is 2.96. The Morgan fingerprint density at radius 2 is 2.31 bits per heavy atom. The Balaban J connectivity index is 3.31. The van der Waals surface area contributed by atoms with Gasteiger partial charge in [-0.15, -0.1) is 6.58 Å². The van der Waals surface area contributed by atoms with E-state index in [-0.39, 0.29) is 12.0 Å². The number of likely N-dealkylation sites (N-methyl/N-ethyl adjacent to an activating group) is 1. The molecular formula is C10H19NO2. The van der Waals surface area contributed by atoms with Crippen molar-refractivity contribution < 1.29 is 9.53 Å². The molecule has 13 heavy (non-hydrogen) atoms. The van der Waals surface area contributed by atoms with Gasteiger partial charge in [0.05, 0.1) is 6.61 Å². The van der Waals surface area contributed by atoms with Crippen molar-refractivity contribution >= 4 is 5.97 Å². The Labute approximate surface area is 80.2 Å². The number of esters is 1. The SMILES string of the molecule is C=CCCCCOC(=O)C(C)NC. The minimum Gasteiger partial charge on any atom is -0.465 e. The zero-order chi connectivity index (χ0) is 10.1. The number of rotatable bonds is 7. The number of allylic oxidation sites excluding steroid dienone is 1. The Morgan fingerprint density at radius 3 is 2.85 bits per heavy atom. The maximum Gasteiger partial charge on any atom is 0.322 e. The lowest BCUT2D eigenvalue weighted by Crippen LogP contribution is -2.32. The van der Waals surface area contributed by atoms with E-state index in [4.69, 9.17) is 4.74 Å². The van der Waals surface area contributed by atoms with E-state index in [1.807, 2.05) is 6.08 Å². The lowest BCUT2D eigenvalue weighted by Gasteiger charge is -2.09. The Kier molecular flexibility index (Phi) is 7.30. The van der Waals surface area contributed by atoms with Gasteiger partial charge in [-0.25, -0.2) is 0 Å². The summed E-state index contributed by atoms with van der Waals surface area (Å²) < 4.78 is 5.01. The summed E-state index contributed by atoms with van der Waals surface area (Å²) >= 11 is 0. The van der Waals surface area contributed by atoms with Gasteiger partial charge in [0.2, 0.25) is 0 Å². The fraction of sp³-hybridized carbons (Fsp3) is 0.700. The lowest BCUT2D eigenvalue weighted by molar-refractivity contribution is -0.145. The van der Waals surface area contributed by atoms with Gasteiger partial charge in [0, 0.05) is 0 Å². The van der Waals surface area contributed by atoms with E-state index in [0.717, 1.165) is 19.3 Å². The molecule has 0 aliphatic carbocycles.